The molecule has 0 aromatic carbocycles. The first-order chi connectivity index (χ1) is 21.0. The summed E-state index contributed by atoms with van der Waals surface area (Å²) in [4.78, 5) is 4.47. The highest BCUT2D eigenvalue weighted by Gasteiger charge is 2.11. The first kappa shape index (κ1) is 42.0. The highest BCUT2D eigenvalue weighted by atomic mass is 16.5. The molecular formula is C34H71N3O6. The number of nitrogens with zero attached hydrogens (tertiary/aromatic N) is 1. The van der Waals surface area contributed by atoms with Gasteiger partial charge in [0.1, 0.15) is 0 Å². The van der Waals surface area contributed by atoms with E-state index in [0.717, 1.165) is 38.5 Å². The van der Waals surface area contributed by atoms with Gasteiger partial charge in [-0.05, 0) is 19.3 Å². The van der Waals surface area contributed by atoms with E-state index in [-0.39, 0.29) is 39.5 Å². The van der Waals surface area contributed by atoms with E-state index in [9.17, 15) is 15.3 Å². The van der Waals surface area contributed by atoms with Crippen molar-refractivity contribution in [2.75, 3.05) is 59.3 Å². The van der Waals surface area contributed by atoms with Gasteiger partial charge in [0, 0.05) is 32.9 Å². The van der Waals surface area contributed by atoms with Crippen molar-refractivity contribution in [3.63, 3.8) is 0 Å². The Labute approximate surface area is 265 Å². The zero-order valence-electron chi connectivity index (χ0n) is 28.3. The molecule has 0 amide bonds. The third-order valence-corrected chi connectivity index (χ3v) is 7.33. The van der Waals surface area contributed by atoms with Crippen molar-refractivity contribution in [1.29, 1.82) is 0 Å². The maximum absolute atomic E-state index is 10.4. The zero-order valence-corrected chi connectivity index (χ0v) is 28.3. The summed E-state index contributed by atoms with van der Waals surface area (Å²) in [5.41, 5.74) is 0. The number of aliphatic imine (C=N–C) groups is 1. The van der Waals surface area contributed by atoms with Crippen LogP contribution in [0.2, 0.25) is 0 Å². The predicted octanol–water partition coefficient (Wildman–Crippen LogP) is 5.74. The Balaban J connectivity index is 4.42. The predicted molar refractivity (Wildman–Crippen MR) is 179 cm³/mol. The first-order valence-electron chi connectivity index (χ1n) is 17.8. The molecule has 0 rings (SSSR count). The number of nitrogens with one attached hydrogen (secondary N) is 2. The number of hydrogen-bond acceptors (Lipinski definition) is 7. The van der Waals surface area contributed by atoms with Crippen LogP contribution in [0, 0.1) is 0 Å². The van der Waals surface area contributed by atoms with Gasteiger partial charge in [0.2, 0.25) is 0 Å². The van der Waals surface area contributed by atoms with E-state index in [1.54, 1.807) is 0 Å². The van der Waals surface area contributed by atoms with Gasteiger partial charge >= 0.3 is 0 Å². The maximum Gasteiger partial charge on any atom is 0.191 e. The zero-order chi connectivity index (χ0) is 31.6. The maximum atomic E-state index is 10.4. The summed E-state index contributed by atoms with van der Waals surface area (Å²) in [7, 11) is 0. The number of hydrogen-bond donors (Lipinski definition) is 5. The molecule has 0 spiro atoms. The summed E-state index contributed by atoms with van der Waals surface area (Å²) in [6, 6.07) is 0. The topological polar surface area (TPSA) is 125 Å². The van der Waals surface area contributed by atoms with Crippen LogP contribution in [0.5, 0.6) is 0 Å². The van der Waals surface area contributed by atoms with Crippen molar-refractivity contribution in [2.24, 2.45) is 4.99 Å². The largest absolute Gasteiger partial charge is 0.389 e. The molecule has 0 aromatic heterocycles. The van der Waals surface area contributed by atoms with Gasteiger partial charge in [-0.3, -0.25) is 4.99 Å². The smallest absolute Gasteiger partial charge is 0.191 e. The van der Waals surface area contributed by atoms with Crippen molar-refractivity contribution in [3.05, 3.63) is 0 Å². The lowest BCUT2D eigenvalue weighted by Gasteiger charge is -2.19. The second kappa shape index (κ2) is 33.9. The number of aliphatic hydroxyl groups is 3. The molecule has 0 heterocycles. The van der Waals surface area contributed by atoms with E-state index in [0.29, 0.717) is 25.8 Å². The first-order valence-corrected chi connectivity index (χ1v) is 17.8. The lowest BCUT2D eigenvalue weighted by Crippen LogP contribution is -2.45. The fourth-order valence-corrected chi connectivity index (χ4v) is 4.58. The molecule has 9 heteroatoms. The highest BCUT2D eigenvalue weighted by molar-refractivity contribution is 5.79. The van der Waals surface area contributed by atoms with E-state index in [1.807, 2.05) is 0 Å². The summed E-state index contributed by atoms with van der Waals surface area (Å²) in [5.74, 6) is 0.417. The summed E-state index contributed by atoms with van der Waals surface area (Å²) in [5, 5.41) is 37.4. The van der Waals surface area contributed by atoms with Gasteiger partial charge in [-0.1, -0.05) is 117 Å². The molecule has 0 radical (unpaired) electrons. The summed E-state index contributed by atoms with van der Waals surface area (Å²) in [6.07, 6.45) is 19.5. The molecule has 3 unspecified atom stereocenters. The van der Waals surface area contributed by atoms with Gasteiger partial charge in [0.25, 0.3) is 0 Å². The lowest BCUT2D eigenvalue weighted by atomic mass is 10.1. The Morgan fingerprint density at radius 3 is 1.19 bits per heavy atom. The second-order valence-electron chi connectivity index (χ2n) is 11.9. The Hall–Kier alpha value is -0.970. The Morgan fingerprint density at radius 1 is 0.488 bits per heavy atom. The molecule has 43 heavy (non-hydrogen) atoms. The number of guanidine groups is 1. The molecule has 9 nitrogen and oxygen atoms in total. The molecule has 0 aromatic rings. The van der Waals surface area contributed by atoms with E-state index >= 15 is 0 Å². The molecule has 0 aliphatic carbocycles. The monoisotopic (exact) mass is 618 g/mol. The fraction of sp³-hybridized carbons (Fsp3) is 0.971. The van der Waals surface area contributed by atoms with Crippen molar-refractivity contribution in [1.82, 2.24) is 10.6 Å². The molecule has 0 saturated heterocycles. The molecule has 258 valence electrons. The summed E-state index contributed by atoms with van der Waals surface area (Å²) >= 11 is 0. The third-order valence-electron chi connectivity index (χ3n) is 7.33. The number of rotatable bonds is 33. The average Bonchev–Trinajstić information content (AvgIpc) is 3.00. The van der Waals surface area contributed by atoms with Crippen molar-refractivity contribution < 1.29 is 29.5 Å². The fourth-order valence-electron chi connectivity index (χ4n) is 4.58. The molecular weight excluding hydrogens is 546 g/mol. The highest BCUT2D eigenvalue weighted by Crippen LogP contribution is 2.07. The average molecular weight is 618 g/mol. The number of aliphatic hydroxyl groups excluding tert-OH is 3. The van der Waals surface area contributed by atoms with E-state index in [4.69, 9.17) is 14.2 Å². The van der Waals surface area contributed by atoms with Crippen LogP contribution < -0.4 is 10.6 Å². The molecule has 5 N–H and O–H groups in total. The van der Waals surface area contributed by atoms with Crippen molar-refractivity contribution in [3.8, 4) is 0 Å². The minimum Gasteiger partial charge on any atom is -0.389 e. The van der Waals surface area contributed by atoms with E-state index in [2.05, 4.69) is 36.4 Å². The van der Waals surface area contributed by atoms with Crippen LogP contribution in [0.3, 0.4) is 0 Å². The van der Waals surface area contributed by atoms with Crippen LogP contribution in [0.1, 0.15) is 136 Å². The molecule has 0 saturated carbocycles. The van der Waals surface area contributed by atoms with Gasteiger partial charge < -0.3 is 40.2 Å². The van der Waals surface area contributed by atoms with Crippen molar-refractivity contribution >= 4 is 5.96 Å². The quantitative estimate of drug-likeness (QED) is 0.0359. The van der Waals surface area contributed by atoms with Crippen molar-refractivity contribution in [2.45, 2.75) is 155 Å². The van der Waals surface area contributed by atoms with Crippen LogP contribution in [-0.2, 0) is 14.2 Å². The minimum absolute atomic E-state index is 0.154. The van der Waals surface area contributed by atoms with Gasteiger partial charge in [-0.25, -0.2) is 0 Å². The molecule has 3 atom stereocenters. The normalized spacial score (nSPS) is 13.5. The number of unbranched alkanes of at least 4 members (excludes halogenated alkanes) is 15. The van der Waals surface area contributed by atoms with Crippen LogP contribution in [0.25, 0.3) is 0 Å². The molecule has 0 aliphatic heterocycles. The van der Waals surface area contributed by atoms with Crippen LogP contribution in [0.4, 0.5) is 0 Å². The summed E-state index contributed by atoms with van der Waals surface area (Å²) < 4.78 is 16.9. The third kappa shape index (κ3) is 32.2. The Morgan fingerprint density at radius 2 is 0.814 bits per heavy atom. The Kier molecular flexibility index (Phi) is 33.1. The molecule has 0 fully saturated rings. The van der Waals surface area contributed by atoms with Crippen LogP contribution in [-0.4, -0.2) is 98.9 Å². The second-order valence-corrected chi connectivity index (χ2v) is 11.9. The van der Waals surface area contributed by atoms with E-state index < -0.39 is 18.3 Å². The summed E-state index contributed by atoms with van der Waals surface area (Å²) in [6.45, 7) is 9.97. The minimum atomic E-state index is -0.727. The SMILES string of the molecule is CCCCCCCCOCC(O)CN=C(NCC(O)COCCCCCCCC)NCC(O)COCCCCCCCC. The van der Waals surface area contributed by atoms with Gasteiger partial charge in [-0.2, -0.15) is 0 Å². The van der Waals surface area contributed by atoms with E-state index in [1.165, 1.54) is 77.0 Å². The number of ether oxygens (including phenoxy) is 3. The molecule has 0 aliphatic rings. The molecule has 0 bridgehead atoms. The van der Waals surface area contributed by atoms with Gasteiger partial charge in [-0.15, -0.1) is 0 Å². The van der Waals surface area contributed by atoms with Crippen LogP contribution >= 0.6 is 0 Å². The Bertz CT molecular complexity index is 552. The standard InChI is InChI=1S/C34H71N3O6/c1-4-7-10-13-16-19-22-41-28-31(38)25-35-34(36-26-32(39)29-42-23-20-17-14-11-8-5-2)37-27-33(40)30-43-24-21-18-15-12-9-6-3/h31-33,38-40H,4-30H2,1-3H3,(H2,35,36,37). The van der Waals surface area contributed by atoms with Gasteiger partial charge in [0.15, 0.2) is 5.96 Å². The lowest BCUT2D eigenvalue weighted by molar-refractivity contribution is 0.0353. The van der Waals surface area contributed by atoms with Gasteiger partial charge in [0.05, 0.1) is 44.7 Å². The van der Waals surface area contributed by atoms with Crippen LogP contribution in [0.15, 0.2) is 4.99 Å².